The van der Waals surface area contributed by atoms with E-state index in [2.05, 4.69) is 15.9 Å². The fourth-order valence-electron chi connectivity index (χ4n) is 4.03. The number of hydrogen-bond donors (Lipinski definition) is 0. The van der Waals surface area contributed by atoms with Gasteiger partial charge in [0.05, 0.1) is 17.9 Å². The standard InChI is InChI=1S/C20H26BrNO4/c1-2-26-18(23)15-4-3-11-22(14-15)19(24)20(9-12-25-13-10-20)16-5-7-17(21)8-6-16/h5-8,15H,2-4,9-14H2,1H3. The summed E-state index contributed by atoms with van der Waals surface area (Å²) in [5, 5.41) is 0. The zero-order valence-electron chi connectivity index (χ0n) is 15.2. The van der Waals surface area contributed by atoms with Gasteiger partial charge in [-0.05, 0) is 50.3 Å². The predicted octanol–water partition coefficient (Wildman–Crippen LogP) is 3.30. The van der Waals surface area contributed by atoms with Crippen LogP contribution < -0.4 is 0 Å². The van der Waals surface area contributed by atoms with Gasteiger partial charge in [0.25, 0.3) is 0 Å². The van der Waals surface area contributed by atoms with E-state index in [4.69, 9.17) is 9.47 Å². The van der Waals surface area contributed by atoms with Crippen molar-refractivity contribution in [1.29, 1.82) is 0 Å². The number of carbonyl (C=O) groups excluding carboxylic acids is 2. The highest BCUT2D eigenvalue weighted by molar-refractivity contribution is 9.10. The number of esters is 1. The molecule has 0 spiro atoms. The number of benzene rings is 1. The van der Waals surface area contributed by atoms with Crippen molar-refractivity contribution in [2.24, 2.45) is 5.92 Å². The summed E-state index contributed by atoms with van der Waals surface area (Å²) in [4.78, 5) is 27.6. The molecule has 2 aliphatic rings. The molecular weight excluding hydrogens is 398 g/mol. The summed E-state index contributed by atoms with van der Waals surface area (Å²) in [5.74, 6) is -0.277. The van der Waals surface area contributed by atoms with Crippen molar-refractivity contribution in [3.63, 3.8) is 0 Å². The molecule has 2 fully saturated rings. The van der Waals surface area contributed by atoms with Crippen LogP contribution in [0.3, 0.4) is 0 Å². The number of hydrogen-bond acceptors (Lipinski definition) is 4. The molecule has 142 valence electrons. The van der Waals surface area contributed by atoms with Crippen molar-refractivity contribution in [3.05, 3.63) is 34.3 Å². The Morgan fingerprint density at radius 1 is 1.27 bits per heavy atom. The summed E-state index contributed by atoms with van der Waals surface area (Å²) in [6.45, 7) is 4.51. The van der Waals surface area contributed by atoms with E-state index in [0.717, 1.165) is 22.9 Å². The van der Waals surface area contributed by atoms with Crippen molar-refractivity contribution in [1.82, 2.24) is 4.90 Å². The largest absolute Gasteiger partial charge is 0.466 e. The quantitative estimate of drug-likeness (QED) is 0.697. The van der Waals surface area contributed by atoms with Gasteiger partial charge in [-0.25, -0.2) is 0 Å². The molecule has 0 saturated carbocycles. The summed E-state index contributed by atoms with van der Waals surface area (Å²) < 4.78 is 11.7. The lowest BCUT2D eigenvalue weighted by atomic mass is 9.72. The number of amides is 1. The van der Waals surface area contributed by atoms with Gasteiger partial charge < -0.3 is 14.4 Å². The third-order valence-electron chi connectivity index (χ3n) is 5.48. The van der Waals surface area contributed by atoms with Crippen molar-refractivity contribution in [2.75, 3.05) is 32.9 Å². The van der Waals surface area contributed by atoms with Gasteiger partial charge in [0.1, 0.15) is 0 Å². The Balaban J connectivity index is 1.83. The van der Waals surface area contributed by atoms with E-state index >= 15 is 0 Å². The molecule has 3 rings (SSSR count). The van der Waals surface area contributed by atoms with Crippen molar-refractivity contribution < 1.29 is 19.1 Å². The molecule has 0 N–H and O–H groups in total. The van der Waals surface area contributed by atoms with E-state index in [1.165, 1.54) is 0 Å². The second kappa shape index (κ2) is 8.53. The molecule has 26 heavy (non-hydrogen) atoms. The molecule has 1 amide bonds. The summed E-state index contributed by atoms with van der Waals surface area (Å²) in [7, 11) is 0. The summed E-state index contributed by atoms with van der Waals surface area (Å²) in [6, 6.07) is 8.02. The average Bonchev–Trinajstić information content (AvgIpc) is 2.69. The highest BCUT2D eigenvalue weighted by atomic mass is 79.9. The Morgan fingerprint density at radius 2 is 1.96 bits per heavy atom. The second-order valence-electron chi connectivity index (χ2n) is 7.04. The Morgan fingerprint density at radius 3 is 2.62 bits per heavy atom. The van der Waals surface area contributed by atoms with E-state index in [1.807, 2.05) is 36.1 Å². The molecule has 1 aromatic carbocycles. The number of ether oxygens (including phenoxy) is 2. The van der Waals surface area contributed by atoms with Crippen LogP contribution >= 0.6 is 15.9 Å². The molecule has 0 radical (unpaired) electrons. The number of halogens is 1. The molecule has 0 aromatic heterocycles. The molecular formula is C20H26BrNO4. The second-order valence-corrected chi connectivity index (χ2v) is 7.96. The maximum atomic E-state index is 13.6. The summed E-state index contributed by atoms with van der Waals surface area (Å²) in [6.07, 6.45) is 2.97. The van der Waals surface area contributed by atoms with Gasteiger partial charge in [-0.1, -0.05) is 28.1 Å². The molecule has 0 bridgehead atoms. The van der Waals surface area contributed by atoms with E-state index in [1.54, 1.807) is 0 Å². The Bertz CT molecular complexity index is 640. The molecule has 5 nitrogen and oxygen atoms in total. The minimum Gasteiger partial charge on any atom is -0.466 e. The number of likely N-dealkylation sites (tertiary alicyclic amines) is 1. The lowest BCUT2D eigenvalue weighted by Gasteiger charge is -2.42. The fourth-order valence-corrected chi connectivity index (χ4v) is 4.30. The van der Waals surface area contributed by atoms with Crippen LogP contribution in [0.5, 0.6) is 0 Å². The summed E-state index contributed by atoms with van der Waals surface area (Å²) in [5.41, 5.74) is 0.474. The van der Waals surface area contributed by atoms with Gasteiger partial charge in [0.2, 0.25) is 5.91 Å². The first-order valence-electron chi connectivity index (χ1n) is 9.36. The molecule has 1 aromatic rings. The first kappa shape index (κ1) is 19.4. The normalized spacial score (nSPS) is 22.7. The number of nitrogens with zero attached hydrogens (tertiary/aromatic N) is 1. The van der Waals surface area contributed by atoms with E-state index < -0.39 is 5.41 Å². The van der Waals surface area contributed by atoms with Gasteiger partial charge in [0, 0.05) is 30.8 Å². The lowest BCUT2D eigenvalue weighted by molar-refractivity contribution is -0.153. The molecule has 2 heterocycles. The minimum absolute atomic E-state index is 0.122. The molecule has 1 unspecified atom stereocenters. The topological polar surface area (TPSA) is 55.8 Å². The number of carbonyl (C=O) groups is 2. The predicted molar refractivity (Wildman–Crippen MR) is 102 cm³/mol. The first-order valence-corrected chi connectivity index (χ1v) is 10.2. The van der Waals surface area contributed by atoms with Crippen LogP contribution in [0.4, 0.5) is 0 Å². The van der Waals surface area contributed by atoms with Crippen LogP contribution in [0, 0.1) is 5.92 Å². The van der Waals surface area contributed by atoms with Crippen LogP contribution in [0.25, 0.3) is 0 Å². The van der Waals surface area contributed by atoms with Gasteiger partial charge in [-0.15, -0.1) is 0 Å². The molecule has 1 atom stereocenters. The van der Waals surface area contributed by atoms with Crippen molar-refractivity contribution in [3.8, 4) is 0 Å². The molecule has 2 saturated heterocycles. The van der Waals surface area contributed by atoms with Crippen LogP contribution in [-0.4, -0.2) is 49.7 Å². The maximum Gasteiger partial charge on any atom is 0.310 e. The van der Waals surface area contributed by atoms with Gasteiger partial charge in [-0.3, -0.25) is 9.59 Å². The van der Waals surface area contributed by atoms with E-state index in [0.29, 0.717) is 45.8 Å². The van der Waals surface area contributed by atoms with E-state index in [9.17, 15) is 9.59 Å². The van der Waals surface area contributed by atoms with Crippen molar-refractivity contribution >= 4 is 27.8 Å². The highest BCUT2D eigenvalue weighted by Crippen LogP contribution is 2.38. The average molecular weight is 424 g/mol. The van der Waals surface area contributed by atoms with Gasteiger partial charge >= 0.3 is 5.97 Å². The first-order chi connectivity index (χ1) is 12.6. The minimum atomic E-state index is -0.560. The fraction of sp³-hybridized carbons (Fsp3) is 0.600. The lowest BCUT2D eigenvalue weighted by Crippen LogP contribution is -2.53. The zero-order valence-corrected chi connectivity index (χ0v) is 16.8. The molecule has 6 heteroatoms. The molecule has 2 aliphatic heterocycles. The van der Waals surface area contributed by atoms with Gasteiger partial charge in [-0.2, -0.15) is 0 Å². The van der Waals surface area contributed by atoms with Crippen LogP contribution in [0.1, 0.15) is 38.2 Å². The van der Waals surface area contributed by atoms with E-state index in [-0.39, 0.29) is 17.8 Å². The summed E-state index contributed by atoms with van der Waals surface area (Å²) >= 11 is 3.47. The van der Waals surface area contributed by atoms with Crippen LogP contribution in [0.15, 0.2) is 28.7 Å². The highest BCUT2D eigenvalue weighted by Gasteiger charge is 2.45. The van der Waals surface area contributed by atoms with Crippen LogP contribution in [-0.2, 0) is 24.5 Å². The number of rotatable bonds is 4. The smallest absolute Gasteiger partial charge is 0.310 e. The SMILES string of the molecule is CCOC(=O)C1CCCN(C(=O)C2(c3ccc(Br)cc3)CCOCC2)C1. The third kappa shape index (κ3) is 3.96. The zero-order chi connectivity index (χ0) is 18.6. The molecule has 0 aliphatic carbocycles. The monoisotopic (exact) mass is 423 g/mol. The van der Waals surface area contributed by atoms with Crippen LogP contribution in [0.2, 0.25) is 0 Å². The third-order valence-corrected chi connectivity index (χ3v) is 6.01. The maximum absolute atomic E-state index is 13.6. The van der Waals surface area contributed by atoms with Gasteiger partial charge in [0.15, 0.2) is 0 Å². The Kier molecular flexibility index (Phi) is 6.35. The number of piperidine rings is 1. The Labute approximate surface area is 163 Å². The Hall–Kier alpha value is -1.40. The van der Waals surface area contributed by atoms with Crippen molar-refractivity contribution in [2.45, 2.75) is 38.0 Å².